The number of carbonyl (C=O) groups excluding carboxylic acids is 1. The van der Waals surface area contributed by atoms with Gasteiger partial charge < -0.3 is 9.64 Å². The monoisotopic (exact) mass is 292 g/mol. The van der Waals surface area contributed by atoms with Crippen LogP contribution in [-0.4, -0.2) is 34.7 Å². The molecule has 2 bridgehead atoms. The third kappa shape index (κ3) is 2.69. The number of amides is 1. The molecule has 116 valence electrons. The van der Waals surface area contributed by atoms with Crippen molar-refractivity contribution in [3.63, 3.8) is 0 Å². The van der Waals surface area contributed by atoms with Crippen molar-refractivity contribution >= 4 is 6.09 Å². The van der Waals surface area contributed by atoms with Crippen LogP contribution in [0, 0.1) is 5.41 Å². The highest BCUT2D eigenvalue weighted by Crippen LogP contribution is 2.57. The quantitative estimate of drug-likeness (QED) is 0.416. The van der Waals surface area contributed by atoms with E-state index >= 15 is 0 Å². The van der Waals surface area contributed by atoms with Crippen LogP contribution >= 0.6 is 0 Å². The van der Waals surface area contributed by atoms with E-state index in [1.54, 1.807) is 0 Å². The molecule has 3 rings (SSSR count). The fourth-order valence-corrected chi connectivity index (χ4v) is 4.49. The van der Waals surface area contributed by atoms with Crippen molar-refractivity contribution in [3.05, 3.63) is 10.4 Å². The van der Waals surface area contributed by atoms with Gasteiger partial charge in [-0.2, -0.15) is 0 Å². The lowest BCUT2D eigenvalue weighted by molar-refractivity contribution is -0.0389. The molecule has 1 spiro atoms. The predicted octanol–water partition coefficient (Wildman–Crippen LogP) is 4.01. The van der Waals surface area contributed by atoms with Gasteiger partial charge in [0, 0.05) is 23.0 Å². The molecule has 6 nitrogen and oxygen atoms in total. The van der Waals surface area contributed by atoms with Crippen LogP contribution in [0.3, 0.4) is 0 Å². The van der Waals surface area contributed by atoms with Crippen molar-refractivity contribution in [2.24, 2.45) is 10.5 Å². The fourth-order valence-electron chi connectivity index (χ4n) is 4.49. The molecule has 1 amide bonds. The molecule has 0 radical (unpaired) electrons. The maximum Gasteiger partial charge on any atom is 0.410 e. The Morgan fingerprint density at radius 1 is 1.24 bits per heavy atom. The first-order chi connectivity index (χ1) is 9.82. The van der Waals surface area contributed by atoms with Gasteiger partial charge in [-0.05, 0) is 70.2 Å². The summed E-state index contributed by atoms with van der Waals surface area (Å²) in [6.45, 7) is 5.73. The Morgan fingerprint density at radius 2 is 1.81 bits per heavy atom. The third-order valence-corrected chi connectivity index (χ3v) is 5.11. The van der Waals surface area contributed by atoms with Crippen LogP contribution in [0.15, 0.2) is 5.11 Å². The zero-order chi connectivity index (χ0) is 15.3. The van der Waals surface area contributed by atoms with E-state index in [2.05, 4.69) is 10.0 Å². The minimum Gasteiger partial charge on any atom is -0.444 e. The first kappa shape index (κ1) is 14.5. The lowest BCUT2D eigenvalue weighted by atomic mass is 9.59. The van der Waals surface area contributed by atoms with Crippen molar-refractivity contribution in [1.29, 1.82) is 0 Å². The van der Waals surface area contributed by atoms with Gasteiger partial charge in [0.05, 0.1) is 0 Å². The summed E-state index contributed by atoms with van der Waals surface area (Å²) in [5.74, 6) is 0. The summed E-state index contributed by atoms with van der Waals surface area (Å²) in [4.78, 5) is 17.3. The molecule has 0 unspecified atom stereocenters. The van der Waals surface area contributed by atoms with Gasteiger partial charge in [0.15, 0.2) is 0 Å². The second-order valence-electron chi connectivity index (χ2n) is 7.95. The first-order valence-corrected chi connectivity index (χ1v) is 7.87. The molecule has 2 saturated heterocycles. The summed E-state index contributed by atoms with van der Waals surface area (Å²) < 4.78 is 5.56. The summed E-state index contributed by atoms with van der Waals surface area (Å²) in [6, 6.07) is 0.790. The Labute approximate surface area is 125 Å². The van der Waals surface area contributed by atoms with Crippen molar-refractivity contribution in [3.8, 4) is 0 Å². The average molecular weight is 292 g/mol. The van der Waals surface area contributed by atoms with E-state index in [9.17, 15) is 4.79 Å². The molecular weight excluding hydrogens is 268 g/mol. The molecule has 2 heterocycles. The molecule has 0 N–H and O–H groups in total. The molecule has 6 heteroatoms. The van der Waals surface area contributed by atoms with E-state index in [0.29, 0.717) is 17.5 Å². The maximum atomic E-state index is 12.4. The molecule has 2 aliphatic heterocycles. The van der Waals surface area contributed by atoms with Gasteiger partial charge in [-0.25, -0.2) is 4.79 Å². The van der Waals surface area contributed by atoms with E-state index in [4.69, 9.17) is 10.3 Å². The van der Waals surface area contributed by atoms with Crippen LogP contribution in [0.25, 0.3) is 10.4 Å². The highest BCUT2D eigenvalue weighted by atomic mass is 16.6. The van der Waals surface area contributed by atoms with Gasteiger partial charge in [-0.15, -0.1) is 0 Å². The minimum absolute atomic E-state index is 0.157. The Morgan fingerprint density at radius 3 is 2.29 bits per heavy atom. The molecule has 0 aromatic heterocycles. The van der Waals surface area contributed by atoms with Crippen LogP contribution in [0.2, 0.25) is 0 Å². The van der Waals surface area contributed by atoms with Gasteiger partial charge >= 0.3 is 6.09 Å². The van der Waals surface area contributed by atoms with Crippen molar-refractivity contribution < 1.29 is 9.53 Å². The molecule has 3 fully saturated rings. The molecule has 1 aliphatic carbocycles. The topological polar surface area (TPSA) is 78.3 Å². The van der Waals surface area contributed by atoms with E-state index in [-0.39, 0.29) is 12.1 Å². The smallest absolute Gasteiger partial charge is 0.410 e. The lowest BCUT2D eigenvalue weighted by Crippen LogP contribution is -2.55. The number of hydrogen-bond acceptors (Lipinski definition) is 3. The summed E-state index contributed by atoms with van der Waals surface area (Å²) in [6.07, 6.45) is 6.07. The fraction of sp³-hybridized carbons (Fsp3) is 0.933. The number of fused-ring (bicyclic) bond motifs is 2. The molecule has 3 aliphatic rings. The number of carbonyl (C=O) groups is 1. The van der Waals surface area contributed by atoms with E-state index in [1.165, 1.54) is 0 Å². The summed E-state index contributed by atoms with van der Waals surface area (Å²) in [5.41, 5.74) is 8.39. The largest absolute Gasteiger partial charge is 0.444 e. The Bertz CT molecular complexity index is 470. The van der Waals surface area contributed by atoms with Crippen molar-refractivity contribution in [1.82, 2.24) is 4.90 Å². The predicted molar refractivity (Wildman–Crippen MR) is 78.7 cm³/mol. The van der Waals surface area contributed by atoms with Crippen LogP contribution in [0.5, 0.6) is 0 Å². The molecule has 21 heavy (non-hydrogen) atoms. The van der Waals surface area contributed by atoms with E-state index < -0.39 is 5.60 Å². The number of rotatable bonds is 1. The van der Waals surface area contributed by atoms with Gasteiger partial charge in [0.25, 0.3) is 0 Å². The Hall–Kier alpha value is -1.42. The number of nitrogens with zero attached hydrogens (tertiary/aromatic N) is 4. The van der Waals surface area contributed by atoms with Gasteiger partial charge in [-0.3, -0.25) is 0 Å². The van der Waals surface area contributed by atoms with E-state index in [0.717, 1.165) is 38.5 Å². The molecule has 1 saturated carbocycles. The molecule has 0 aromatic carbocycles. The van der Waals surface area contributed by atoms with Crippen molar-refractivity contribution in [2.75, 3.05) is 0 Å². The SMILES string of the molecule is CC(C)(C)OC(=O)N1[C@@H]2CC[C@H]1CC1(CC(N=[N+]=[N-])C1)C2. The van der Waals surface area contributed by atoms with Gasteiger partial charge in [0.1, 0.15) is 5.60 Å². The van der Waals surface area contributed by atoms with Crippen LogP contribution in [-0.2, 0) is 4.74 Å². The zero-order valence-corrected chi connectivity index (χ0v) is 13.1. The Kier molecular flexibility index (Phi) is 3.32. The van der Waals surface area contributed by atoms with Crippen LogP contribution in [0.4, 0.5) is 4.79 Å². The van der Waals surface area contributed by atoms with Gasteiger partial charge in [0.2, 0.25) is 0 Å². The maximum absolute atomic E-state index is 12.4. The lowest BCUT2D eigenvalue weighted by Gasteiger charge is -2.53. The minimum atomic E-state index is -0.436. The van der Waals surface area contributed by atoms with E-state index in [1.807, 2.05) is 25.7 Å². The molecule has 0 aromatic rings. The van der Waals surface area contributed by atoms with Crippen LogP contribution < -0.4 is 0 Å². The summed E-state index contributed by atoms with van der Waals surface area (Å²) in [7, 11) is 0. The normalized spacial score (nSPS) is 37.9. The number of piperidine rings is 1. The van der Waals surface area contributed by atoms with Crippen molar-refractivity contribution in [2.45, 2.75) is 83.0 Å². The number of hydrogen-bond donors (Lipinski definition) is 0. The zero-order valence-electron chi connectivity index (χ0n) is 13.1. The molecular formula is C15H24N4O2. The highest BCUT2D eigenvalue weighted by molar-refractivity contribution is 5.69. The number of ether oxygens (including phenoxy) is 1. The second-order valence-corrected chi connectivity index (χ2v) is 7.95. The van der Waals surface area contributed by atoms with Gasteiger partial charge in [-0.1, -0.05) is 5.11 Å². The first-order valence-electron chi connectivity index (χ1n) is 7.87. The Balaban J connectivity index is 1.65. The highest BCUT2D eigenvalue weighted by Gasteiger charge is 2.55. The standard InChI is InChI=1S/C15H24N4O2/c1-14(2,3)21-13(20)19-11-4-5-12(19)9-15(8-11)6-10(7-15)17-18-16/h10-12H,4-9H2,1-3H3/t10?,11-,12+,15?. The van der Waals surface area contributed by atoms with Crippen LogP contribution in [0.1, 0.15) is 59.3 Å². The average Bonchev–Trinajstić information content (AvgIpc) is 2.58. The summed E-state index contributed by atoms with van der Waals surface area (Å²) >= 11 is 0. The second kappa shape index (κ2) is 4.80. The summed E-state index contributed by atoms with van der Waals surface area (Å²) in [5, 5.41) is 3.83. The number of azide groups is 1. The third-order valence-electron chi connectivity index (χ3n) is 5.11. The molecule has 2 atom stereocenters.